The molecule has 0 radical (unpaired) electrons. The molecule has 0 saturated carbocycles. The van der Waals surface area contributed by atoms with Gasteiger partial charge in [-0.3, -0.25) is 4.68 Å². The molecule has 4 nitrogen and oxygen atoms in total. The first-order valence-corrected chi connectivity index (χ1v) is 5.58. The van der Waals surface area contributed by atoms with Crippen molar-refractivity contribution in [3.63, 3.8) is 0 Å². The Morgan fingerprint density at radius 1 is 1.53 bits per heavy atom. The van der Waals surface area contributed by atoms with Gasteiger partial charge in [0.05, 0.1) is 5.69 Å². The number of nitrogens with zero attached hydrogens (tertiary/aromatic N) is 2. The fourth-order valence-electron chi connectivity index (χ4n) is 1.74. The zero-order chi connectivity index (χ0) is 11.3. The quantitative estimate of drug-likeness (QED) is 0.692. The Morgan fingerprint density at radius 2 is 2.27 bits per heavy atom. The summed E-state index contributed by atoms with van der Waals surface area (Å²) in [7, 11) is 1.96. The molecule has 86 valence electrons. The number of unbranched alkanes of at least 4 members (excludes halogenated alkanes) is 1. The lowest BCUT2D eigenvalue weighted by molar-refractivity contribution is 0.547. The molecule has 15 heavy (non-hydrogen) atoms. The van der Waals surface area contributed by atoms with E-state index in [4.69, 9.17) is 5.73 Å². The van der Waals surface area contributed by atoms with Crippen LogP contribution in [0, 0.1) is 6.92 Å². The van der Waals surface area contributed by atoms with Crippen LogP contribution in [0.15, 0.2) is 6.20 Å². The summed E-state index contributed by atoms with van der Waals surface area (Å²) in [4.78, 5) is 0. The Kier molecular flexibility index (Phi) is 4.78. The smallest absolute Gasteiger partial charge is 0.0641 e. The van der Waals surface area contributed by atoms with E-state index >= 15 is 0 Å². The molecule has 4 heteroatoms. The lowest BCUT2D eigenvalue weighted by Gasteiger charge is -2.12. The first kappa shape index (κ1) is 12.2. The second-order valence-electron chi connectivity index (χ2n) is 4.02. The van der Waals surface area contributed by atoms with Crippen LogP contribution in [-0.4, -0.2) is 22.9 Å². The molecule has 0 aromatic carbocycles. The van der Waals surface area contributed by atoms with Gasteiger partial charge in [0.25, 0.3) is 0 Å². The minimum atomic E-state index is 0.372. The second kappa shape index (κ2) is 5.88. The van der Waals surface area contributed by atoms with E-state index in [1.165, 1.54) is 5.56 Å². The van der Waals surface area contributed by atoms with Crippen LogP contribution in [0.25, 0.3) is 0 Å². The molecule has 1 unspecified atom stereocenters. The van der Waals surface area contributed by atoms with Gasteiger partial charge in [0.2, 0.25) is 0 Å². The van der Waals surface area contributed by atoms with Gasteiger partial charge >= 0.3 is 0 Å². The van der Waals surface area contributed by atoms with Gasteiger partial charge in [0, 0.05) is 24.8 Å². The molecule has 1 atom stereocenters. The molecular formula is C11H22N4. The Hall–Kier alpha value is -0.870. The fraction of sp³-hybridized carbons (Fsp3) is 0.727. The maximum absolute atomic E-state index is 5.44. The van der Waals surface area contributed by atoms with E-state index in [1.807, 2.05) is 18.7 Å². The minimum Gasteiger partial charge on any atom is -0.330 e. The maximum atomic E-state index is 5.44. The normalized spacial score (nSPS) is 13.1. The van der Waals surface area contributed by atoms with Gasteiger partial charge in [0.15, 0.2) is 0 Å². The van der Waals surface area contributed by atoms with Crippen LogP contribution >= 0.6 is 0 Å². The van der Waals surface area contributed by atoms with Crippen LogP contribution in [0.1, 0.15) is 37.1 Å². The molecule has 3 N–H and O–H groups in total. The number of aryl methyl sites for hydroxylation is 2. The van der Waals surface area contributed by atoms with Crippen LogP contribution in [0.4, 0.5) is 0 Å². The SMILES string of the molecule is Cc1nn(C)cc1C(C)NCCCCN. The molecule has 0 saturated heterocycles. The van der Waals surface area contributed by atoms with Gasteiger partial charge in [-0.1, -0.05) is 0 Å². The van der Waals surface area contributed by atoms with Crippen LogP contribution in [0.2, 0.25) is 0 Å². The average molecular weight is 210 g/mol. The van der Waals surface area contributed by atoms with Gasteiger partial charge in [-0.15, -0.1) is 0 Å². The number of aromatic nitrogens is 2. The largest absolute Gasteiger partial charge is 0.330 e. The summed E-state index contributed by atoms with van der Waals surface area (Å²) < 4.78 is 1.86. The zero-order valence-corrected chi connectivity index (χ0v) is 9.95. The molecule has 1 aromatic rings. The van der Waals surface area contributed by atoms with Crippen molar-refractivity contribution in [3.05, 3.63) is 17.5 Å². The van der Waals surface area contributed by atoms with Gasteiger partial charge in [0.1, 0.15) is 0 Å². The molecule has 0 spiro atoms. The van der Waals surface area contributed by atoms with Crippen LogP contribution in [0.3, 0.4) is 0 Å². The van der Waals surface area contributed by atoms with E-state index in [2.05, 4.69) is 23.5 Å². The number of nitrogens with two attached hydrogens (primary N) is 1. The monoisotopic (exact) mass is 210 g/mol. The molecule has 1 aromatic heterocycles. The third kappa shape index (κ3) is 3.64. The third-order valence-electron chi connectivity index (χ3n) is 2.60. The molecule has 0 aliphatic heterocycles. The number of hydrogen-bond donors (Lipinski definition) is 2. The minimum absolute atomic E-state index is 0.372. The summed E-state index contributed by atoms with van der Waals surface area (Å²) >= 11 is 0. The number of rotatable bonds is 6. The highest BCUT2D eigenvalue weighted by Crippen LogP contribution is 2.15. The van der Waals surface area contributed by atoms with Crippen molar-refractivity contribution in [2.75, 3.05) is 13.1 Å². The van der Waals surface area contributed by atoms with E-state index < -0.39 is 0 Å². The number of nitrogens with one attached hydrogen (secondary N) is 1. The summed E-state index contributed by atoms with van der Waals surface area (Å²) in [6.07, 6.45) is 4.31. The average Bonchev–Trinajstić information content (AvgIpc) is 2.52. The molecule has 0 aliphatic rings. The highest BCUT2D eigenvalue weighted by Gasteiger charge is 2.10. The van der Waals surface area contributed by atoms with Crippen LogP contribution < -0.4 is 11.1 Å². The molecule has 0 aliphatic carbocycles. The van der Waals surface area contributed by atoms with E-state index in [0.717, 1.165) is 31.6 Å². The second-order valence-corrected chi connectivity index (χ2v) is 4.02. The van der Waals surface area contributed by atoms with Crippen LogP contribution in [-0.2, 0) is 7.05 Å². The number of hydrogen-bond acceptors (Lipinski definition) is 3. The van der Waals surface area contributed by atoms with Crippen LogP contribution in [0.5, 0.6) is 0 Å². The van der Waals surface area contributed by atoms with Crippen molar-refractivity contribution in [1.82, 2.24) is 15.1 Å². The molecule has 1 rings (SSSR count). The Morgan fingerprint density at radius 3 is 2.80 bits per heavy atom. The van der Waals surface area contributed by atoms with E-state index in [1.54, 1.807) is 0 Å². The molecule has 0 amide bonds. The predicted octanol–water partition coefficient (Wildman–Crippen LogP) is 1.12. The Balaban J connectivity index is 2.39. The van der Waals surface area contributed by atoms with Gasteiger partial charge in [-0.2, -0.15) is 5.10 Å². The van der Waals surface area contributed by atoms with E-state index in [-0.39, 0.29) is 0 Å². The van der Waals surface area contributed by atoms with Crippen molar-refractivity contribution >= 4 is 0 Å². The molecule has 1 heterocycles. The molecule has 0 fully saturated rings. The predicted molar refractivity (Wildman–Crippen MR) is 62.7 cm³/mol. The summed E-state index contributed by atoms with van der Waals surface area (Å²) in [5.41, 5.74) is 7.83. The lowest BCUT2D eigenvalue weighted by Crippen LogP contribution is -2.20. The zero-order valence-electron chi connectivity index (χ0n) is 9.95. The topological polar surface area (TPSA) is 55.9 Å². The first-order valence-electron chi connectivity index (χ1n) is 5.58. The van der Waals surface area contributed by atoms with Gasteiger partial charge in [-0.05, 0) is 39.8 Å². The van der Waals surface area contributed by atoms with Gasteiger partial charge < -0.3 is 11.1 Å². The Bertz CT molecular complexity index is 293. The van der Waals surface area contributed by atoms with Crippen molar-refractivity contribution in [2.45, 2.75) is 32.7 Å². The third-order valence-corrected chi connectivity index (χ3v) is 2.60. The Labute approximate surface area is 91.8 Å². The maximum Gasteiger partial charge on any atom is 0.0641 e. The lowest BCUT2D eigenvalue weighted by atomic mass is 10.1. The summed E-state index contributed by atoms with van der Waals surface area (Å²) in [5.74, 6) is 0. The summed E-state index contributed by atoms with van der Waals surface area (Å²) in [6, 6.07) is 0.372. The highest BCUT2D eigenvalue weighted by atomic mass is 15.3. The van der Waals surface area contributed by atoms with Crippen molar-refractivity contribution in [2.24, 2.45) is 12.8 Å². The standard InChI is InChI=1S/C11H22N4/c1-9(13-7-5-4-6-12)11-8-15(3)14-10(11)2/h8-9,13H,4-7,12H2,1-3H3. The first-order chi connectivity index (χ1) is 7.15. The highest BCUT2D eigenvalue weighted by molar-refractivity contribution is 5.19. The summed E-state index contributed by atoms with van der Waals surface area (Å²) in [6.45, 7) is 6.02. The fourth-order valence-corrected chi connectivity index (χ4v) is 1.74. The van der Waals surface area contributed by atoms with Crippen molar-refractivity contribution in [1.29, 1.82) is 0 Å². The molecule has 0 bridgehead atoms. The summed E-state index contributed by atoms with van der Waals surface area (Å²) in [5, 5.41) is 7.81. The van der Waals surface area contributed by atoms with Crippen molar-refractivity contribution in [3.8, 4) is 0 Å². The van der Waals surface area contributed by atoms with Gasteiger partial charge in [-0.25, -0.2) is 0 Å². The van der Waals surface area contributed by atoms with E-state index in [0.29, 0.717) is 6.04 Å². The van der Waals surface area contributed by atoms with Crippen molar-refractivity contribution < 1.29 is 0 Å². The molecular weight excluding hydrogens is 188 g/mol. The van der Waals surface area contributed by atoms with E-state index in [9.17, 15) is 0 Å².